The van der Waals surface area contributed by atoms with Gasteiger partial charge in [0.25, 0.3) is 5.91 Å². The minimum atomic E-state index is -0.190. The van der Waals surface area contributed by atoms with E-state index in [1.165, 1.54) is 0 Å². The maximum absolute atomic E-state index is 11.7. The van der Waals surface area contributed by atoms with Gasteiger partial charge in [-0.15, -0.1) is 5.10 Å². The molecule has 2 N–H and O–H groups in total. The van der Waals surface area contributed by atoms with E-state index >= 15 is 0 Å². The van der Waals surface area contributed by atoms with E-state index in [1.807, 2.05) is 0 Å². The fourth-order valence-corrected chi connectivity index (χ4v) is 2.13. The summed E-state index contributed by atoms with van der Waals surface area (Å²) >= 11 is 0. The third-order valence-corrected chi connectivity index (χ3v) is 3.17. The molecule has 2 rings (SSSR count). The second-order valence-electron chi connectivity index (χ2n) is 4.50. The Morgan fingerprint density at radius 1 is 1.65 bits per heavy atom. The number of rotatable bonds is 4. The van der Waals surface area contributed by atoms with E-state index < -0.39 is 0 Å². The zero-order valence-electron chi connectivity index (χ0n) is 10.4. The van der Waals surface area contributed by atoms with Gasteiger partial charge in [0.1, 0.15) is 5.82 Å². The Hall–Kier alpha value is -1.43. The lowest BCUT2D eigenvalue weighted by Crippen LogP contribution is -2.31. The quantitative estimate of drug-likeness (QED) is 0.783. The van der Waals surface area contributed by atoms with E-state index in [1.54, 1.807) is 6.92 Å². The maximum Gasteiger partial charge on any atom is 0.290 e. The molecular formula is C11H19N5O. The van der Waals surface area contributed by atoms with Crippen molar-refractivity contribution in [3.63, 3.8) is 0 Å². The highest BCUT2D eigenvalue weighted by atomic mass is 16.2. The highest BCUT2D eigenvalue weighted by molar-refractivity contribution is 5.90. The van der Waals surface area contributed by atoms with E-state index in [9.17, 15) is 4.79 Å². The number of aromatic nitrogens is 3. The second kappa shape index (κ2) is 5.27. The Morgan fingerprint density at radius 2 is 2.47 bits per heavy atom. The van der Waals surface area contributed by atoms with Crippen molar-refractivity contribution in [1.82, 2.24) is 25.4 Å². The van der Waals surface area contributed by atoms with E-state index in [4.69, 9.17) is 0 Å². The predicted molar refractivity (Wildman–Crippen MR) is 63.7 cm³/mol. The molecule has 1 amide bonds. The largest absolute Gasteiger partial charge is 0.349 e. The van der Waals surface area contributed by atoms with Crippen LogP contribution < -0.4 is 5.32 Å². The summed E-state index contributed by atoms with van der Waals surface area (Å²) in [5.41, 5.74) is 0. The molecule has 0 aliphatic carbocycles. The number of H-pyrrole nitrogens is 1. The van der Waals surface area contributed by atoms with Crippen LogP contribution in [0.3, 0.4) is 0 Å². The van der Waals surface area contributed by atoms with Crippen molar-refractivity contribution in [3.8, 4) is 0 Å². The smallest absolute Gasteiger partial charge is 0.290 e. The first-order valence-electron chi connectivity index (χ1n) is 6.08. The topological polar surface area (TPSA) is 73.9 Å². The van der Waals surface area contributed by atoms with Gasteiger partial charge >= 0.3 is 0 Å². The van der Waals surface area contributed by atoms with Gasteiger partial charge < -0.3 is 10.2 Å². The lowest BCUT2D eigenvalue weighted by molar-refractivity contribution is 0.0937. The zero-order valence-corrected chi connectivity index (χ0v) is 10.4. The number of hydrogen-bond donors (Lipinski definition) is 2. The van der Waals surface area contributed by atoms with Crippen LogP contribution in [0, 0.1) is 12.8 Å². The average Bonchev–Trinajstić information content (AvgIpc) is 2.94. The van der Waals surface area contributed by atoms with E-state index in [-0.39, 0.29) is 11.7 Å². The van der Waals surface area contributed by atoms with E-state index in [0.717, 1.165) is 26.1 Å². The molecule has 1 fully saturated rings. The van der Waals surface area contributed by atoms with Crippen LogP contribution in [0.2, 0.25) is 0 Å². The number of aryl methyl sites for hydroxylation is 1. The Balaban J connectivity index is 1.77. The van der Waals surface area contributed by atoms with Crippen LogP contribution >= 0.6 is 0 Å². The first-order chi connectivity index (χ1) is 8.19. The molecule has 2 heterocycles. The fraction of sp³-hybridized carbons (Fsp3) is 0.727. The molecule has 1 saturated heterocycles. The van der Waals surface area contributed by atoms with Gasteiger partial charge in [0, 0.05) is 13.1 Å². The Morgan fingerprint density at radius 3 is 3.06 bits per heavy atom. The monoisotopic (exact) mass is 237 g/mol. The summed E-state index contributed by atoms with van der Waals surface area (Å²) in [7, 11) is 0. The number of nitrogens with zero attached hydrogens (tertiary/aromatic N) is 3. The fourth-order valence-electron chi connectivity index (χ4n) is 2.13. The number of aromatic amines is 1. The van der Waals surface area contributed by atoms with Crippen molar-refractivity contribution in [3.05, 3.63) is 11.6 Å². The molecule has 0 aromatic carbocycles. The van der Waals surface area contributed by atoms with Gasteiger partial charge in [-0.25, -0.2) is 4.98 Å². The molecular weight excluding hydrogens is 218 g/mol. The summed E-state index contributed by atoms with van der Waals surface area (Å²) in [5, 5.41) is 9.39. The summed E-state index contributed by atoms with van der Waals surface area (Å²) in [5.74, 6) is 1.25. The maximum atomic E-state index is 11.7. The molecule has 94 valence electrons. The Kier molecular flexibility index (Phi) is 3.73. The first-order valence-corrected chi connectivity index (χ1v) is 6.08. The van der Waals surface area contributed by atoms with Crippen molar-refractivity contribution in [2.24, 2.45) is 5.92 Å². The normalized spacial score (nSPS) is 20.7. The molecule has 1 aliphatic heterocycles. The minimum Gasteiger partial charge on any atom is -0.349 e. The van der Waals surface area contributed by atoms with Crippen molar-refractivity contribution in [2.75, 3.05) is 26.2 Å². The van der Waals surface area contributed by atoms with Crippen LogP contribution in [-0.4, -0.2) is 52.2 Å². The average molecular weight is 237 g/mol. The Labute approximate surface area is 101 Å². The van der Waals surface area contributed by atoms with Gasteiger partial charge in [-0.3, -0.25) is 9.89 Å². The molecule has 0 bridgehead atoms. The molecule has 0 saturated carbocycles. The van der Waals surface area contributed by atoms with Crippen molar-refractivity contribution < 1.29 is 4.79 Å². The van der Waals surface area contributed by atoms with Crippen molar-refractivity contribution in [2.45, 2.75) is 20.3 Å². The molecule has 0 spiro atoms. The standard InChI is InChI=1S/C11H19N5O/c1-3-16-5-4-9(7-16)6-12-11(17)10-13-8(2)14-15-10/h9H,3-7H2,1-2H3,(H,12,17)(H,13,14,15). The zero-order chi connectivity index (χ0) is 12.3. The summed E-state index contributed by atoms with van der Waals surface area (Å²) in [6, 6.07) is 0. The number of hydrogen-bond acceptors (Lipinski definition) is 4. The minimum absolute atomic E-state index is 0.190. The van der Waals surface area contributed by atoms with E-state index in [0.29, 0.717) is 18.3 Å². The number of nitrogens with one attached hydrogen (secondary N) is 2. The van der Waals surface area contributed by atoms with Crippen LogP contribution in [0.25, 0.3) is 0 Å². The van der Waals surface area contributed by atoms with Gasteiger partial charge in [0.15, 0.2) is 0 Å². The first kappa shape index (κ1) is 12.0. The van der Waals surface area contributed by atoms with Crippen LogP contribution in [0.1, 0.15) is 29.8 Å². The van der Waals surface area contributed by atoms with Crippen LogP contribution in [0.4, 0.5) is 0 Å². The summed E-state index contributed by atoms with van der Waals surface area (Å²) in [4.78, 5) is 18.1. The summed E-state index contributed by atoms with van der Waals surface area (Å²) < 4.78 is 0. The highest BCUT2D eigenvalue weighted by Crippen LogP contribution is 2.14. The summed E-state index contributed by atoms with van der Waals surface area (Å²) in [6.07, 6.45) is 1.15. The van der Waals surface area contributed by atoms with Crippen molar-refractivity contribution in [1.29, 1.82) is 0 Å². The highest BCUT2D eigenvalue weighted by Gasteiger charge is 2.22. The SMILES string of the molecule is CCN1CCC(CNC(=O)c2n[nH]c(C)n2)C1. The molecule has 0 radical (unpaired) electrons. The van der Waals surface area contributed by atoms with Gasteiger partial charge in [0.05, 0.1) is 0 Å². The lowest BCUT2D eigenvalue weighted by Gasteiger charge is -2.13. The lowest BCUT2D eigenvalue weighted by atomic mass is 10.1. The Bertz CT molecular complexity index is 389. The molecule has 6 heteroatoms. The molecule has 1 aromatic heterocycles. The van der Waals surface area contributed by atoms with Crippen molar-refractivity contribution >= 4 is 5.91 Å². The third-order valence-electron chi connectivity index (χ3n) is 3.17. The van der Waals surface area contributed by atoms with Gasteiger partial charge in [-0.05, 0) is 32.4 Å². The molecule has 1 atom stereocenters. The molecule has 1 aromatic rings. The van der Waals surface area contributed by atoms with Gasteiger partial charge in [0.2, 0.25) is 5.82 Å². The van der Waals surface area contributed by atoms with Gasteiger partial charge in [-0.2, -0.15) is 0 Å². The molecule has 1 unspecified atom stereocenters. The second-order valence-corrected chi connectivity index (χ2v) is 4.50. The van der Waals surface area contributed by atoms with Gasteiger partial charge in [-0.1, -0.05) is 6.92 Å². The predicted octanol–water partition coefficient (Wildman–Crippen LogP) is 0.185. The molecule has 1 aliphatic rings. The molecule has 6 nitrogen and oxygen atoms in total. The molecule has 17 heavy (non-hydrogen) atoms. The van der Waals surface area contributed by atoms with Crippen LogP contribution in [-0.2, 0) is 0 Å². The summed E-state index contributed by atoms with van der Waals surface area (Å²) in [6.45, 7) is 7.95. The number of carbonyl (C=O) groups excluding carboxylic acids is 1. The van der Waals surface area contributed by atoms with Crippen LogP contribution in [0.15, 0.2) is 0 Å². The van der Waals surface area contributed by atoms with E-state index in [2.05, 4.69) is 32.3 Å². The van der Waals surface area contributed by atoms with Crippen LogP contribution in [0.5, 0.6) is 0 Å². The third kappa shape index (κ3) is 3.03. The number of carbonyl (C=O) groups is 1. The number of likely N-dealkylation sites (tertiary alicyclic amines) is 1. The number of amides is 1.